The molecule has 2 aromatic carbocycles. The van der Waals surface area contributed by atoms with Crippen LogP contribution in [0.15, 0.2) is 63.9 Å². The first-order valence-electron chi connectivity index (χ1n) is 10.3. The molecule has 0 N–H and O–H groups in total. The molecule has 7 nitrogen and oxygen atoms in total. The van der Waals surface area contributed by atoms with Gasteiger partial charge in [0.2, 0.25) is 10.7 Å². The lowest BCUT2D eigenvalue weighted by atomic mass is 10.1. The second-order valence-electron chi connectivity index (χ2n) is 7.43. The van der Waals surface area contributed by atoms with Gasteiger partial charge in [0.05, 0.1) is 17.3 Å². The lowest BCUT2D eigenvalue weighted by molar-refractivity contribution is 0.404. The van der Waals surface area contributed by atoms with Gasteiger partial charge in [0, 0.05) is 30.7 Å². The summed E-state index contributed by atoms with van der Waals surface area (Å²) >= 11 is 6.76. The molecule has 0 saturated heterocycles. The monoisotopic (exact) mass is 476 g/mol. The highest BCUT2D eigenvalue weighted by atomic mass is 32.1. The van der Waals surface area contributed by atoms with Crippen LogP contribution in [0, 0.1) is 4.84 Å². The van der Waals surface area contributed by atoms with Crippen LogP contribution in [0.4, 0.5) is 11.4 Å². The van der Waals surface area contributed by atoms with Crippen LogP contribution in [0.25, 0.3) is 26.4 Å². The fourth-order valence-electron chi connectivity index (χ4n) is 3.67. The third kappa shape index (κ3) is 3.69. The van der Waals surface area contributed by atoms with E-state index in [9.17, 15) is 4.79 Å². The summed E-state index contributed by atoms with van der Waals surface area (Å²) in [6, 6.07) is 16.1. The van der Waals surface area contributed by atoms with Gasteiger partial charge in [-0.1, -0.05) is 30.4 Å². The molecule has 0 saturated carbocycles. The molecule has 0 unspecified atom stereocenters. The zero-order valence-electron chi connectivity index (χ0n) is 18.2. The first-order chi connectivity index (χ1) is 16.0. The van der Waals surface area contributed by atoms with Gasteiger partial charge in [0.1, 0.15) is 0 Å². The molecule has 3 heterocycles. The Hall–Kier alpha value is -3.56. The van der Waals surface area contributed by atoms with Gasteiger partial charge in [-0.05, 0) is 54.5 Å². The highest BCUT2D eigenvalue weighted by molar-refractivity contribution is 7.71. The molecular formula is C24H20N4O3S2. The highest BCUT2D eigenvalue weighted by Crippen LogP contribution is 2.32. The number of ether oxygens (including phenoxy) is 1. The molecule has 9 heteroatoms. The van der Waals surface area contributed by atoms with Crippen LogP contribution in [0.2, 0.25) is 0 Å². The third-order valence-corrected chi connectivity index (χ3v) is 6.78. The predicted molar refractivity (Wildman–Crippen MR) is 134 cm³/mol. The minimum atomic E-state index is -0.395. The lowest BCUT2D eigenvalue weighted by Crippen LogP contribution is -2.20. The maximum absolute atomic E-state index is 13.2. The summed E-state index contributed by atoms with van der Waals surface area (Å²) in [5, 5.41) is 0.433. The third-order valence-electron chi connectivity index (χ3n) is 5.51. The van der Waals surface area contributed by atoms with Crippen LogP contribution >= 0.6 is 23.6 Å². The molecule has 0 fully saturated rings. The van der Waals surface area contributed by atoms with Crippen molar-refractivity contribution in [2.45, 2.75) is 13.3 Å². The molecule has 0 radical (unpaired) electrons. The molecule has 0 aliphatic rings. The zero-order chi connectivity index (χ0) is 23.1. The number of anilines is 2. The second-order valence-corrected chi connectivity index (χ2v) is 8.79. The van der Waals surface area contributed by atoms with Gasteiger partial charge in [-0.15, -0.1) is 0 Å². The first-order valence-corrected chi connectivity index (χ1v) is 11.5. The number of methoxy groups -OCH3 is 1. The summed E-state index contributed by atoms with van der Waals surface area (Å²) in [6.07, 6.45) is 2.48. The van der Waals surface area contributed by atoms with Crippen molar-refractivity contribution < 1.29 is 9.15 Å². The average Bonchev–Trinajstić information content (AvgIpc) is 3.26. The SMILES string of the molecule is CCc1cccc(N(C)c2ccc3nc(-n4c(=S)oc5c(OC)ccnc5c4=O)sc3c2)c1. The van der Waals surface area contributed by atoms with Gasteiger partial charge in [-0.25, -0.2) is 14.5 Å². The molecule has 0 amide bonds. The molecule has 0 spiro atoms. The van der Waals surface area contributed by atoms with Gasteiger partial charge in [-0.2, -0.15) is 0 Å². The Morgan fingerprint density at radius 2 is 2.00 bits per heavy atom. The number of nitrogens with zero attached hydrogens (tertiary/aromatic N) is 4. The Labute approximate surface area is 198 Å². The maximum atomic E-state index is 13.2. The van der Waals surface area contributed by atoms with Gasteiger partial charge in [0.15, 0.2) is 11.3 Å². The van der Waals surface area contributed by atoms with E-state index in [1.165, 1.54) is 34.8 Å². The highest BCUT2D eigenvalue weighted by Gasteiger charge is 2.17. The van der Waals surface area contributed by atoms with Gasteiger partial charge in [-0.3, -0.25) is 4.79 Å². The van der Waals surface area contributed by atoms with E-state index < -0.39 is 5.56 Å². The van der Waals surface area contributed by atoms with Crippen LogP contribution in [0.5, 0.6) is 5.75 Å². The van der Waals surface area contributed by atoms with Crippen LogP contribution in [-0.4, -0.2) is 28.7 Å². The van der Waals surface area contributed by atoms with Crippen molar-refractivity contribution in [3.05, 3.63) is 75.5 Å². The second kappa shape index (κ2) is 8.42. The summed E-state index contributed by atoms with van der Waals surface area (Å²) in [5.74, 6) is 0.402. The van der Waals surface area contributed by atoms with E-state index in [2.05, 4.69) is 52.1 Å². The molecule has 0 bridgehead atoms. The van der Waals surface area contributed by atoms with Crippen molar-refractivity contribution in [2.75, 3.05) is 19.1 Å². The molecule has 33 heavy (non-hydrogen) atoms. The molecule has 166 valence electrons. The fraction of sp³-hybridized carbons (Fsp3) is 0.167. The van der Waals surface area contributed by atoms with E-state index in [1.807, 2.05) is 19.2 Å². The quantitative estimate of drug-likeness (QED) is 0.303. The Balaban J connectivity index is 1.60. The van der Waals surface area contributed by atoms with Crippen LogP contribution < -0.4 is 15.2 Å². The van der Waals surface area contributed by atoms with E-state index in [0.29, 0.717) is 10.9 Å². The van der Waals surface area contributed by atoms with Crippen molar-refractivity contribution in [1.82, 2.24) is 14.5 Å². The number of hydrogen-bond donors (Lipinski definition) is 0. The molecule has 5 aromatic rings. The minimum Gasteiger partial charge on any atom is -0.493 e. The Kier molecular flexibility index (Phi) is 5.43. The number of aryl methyl sites for hydroxylation is 1. The topological polar surface area (TPSA) is 73.4 Å². The summed E-state index contributed by atoms with van der Waals surface area (Å²) < 4.78 is 13.2. The molecule has 5 rings (SSSR count). The normalized spacial score (nSPS) is 11.2. The van der Waals surface area contributed by atoms with Gasteiger partial charge in [0.25, 0.3) is 10.4 Å². The minimum absolute atomic E-state index is 0.00780. The number of thiazole rings is 1. The summed E-state index contributed by atoms with van der Waals surface area (Å²) in [5.41, 5.74) is 4.15. The molecule has 0 aliphatic carbocycles. The van der Waals surface area contributed by atoms with E-state index >= 15 is 0 Å². The number of rotatable bonds is 5. The van der Waals surface area contributed by atoms with Crippen molar-refractivity contribution in [3.8, 4) is 10.9 Å². The van der Waals surface area contributed by atoms with Crippen molar-refractivity contribution in [2.24, 2.45) is 0 Å². The van der Waals surface area contributed by atoms with Crippen molar-refractivity contribution in [1.29, 1.82) is 0 Å². The predicted octanol–water partition coefficient (Wildman–Crippen LogP) is 5.66. The fourth-order valence-corrected chi connectivity index (χ4v) is 4.97. The van der Waals surface area contributed by atoms with E-state index in [-0.39, 0.29) is 15.9 Å². The van der Waals surface area contributed by atoms with E-state index in [0.717, 1.165) is 28.0 Å². The lowest BCUT2D eigenvalue weighted by Gasteiger charge is -2.20. The number of pyridine rings is 1. The molecule has 3 aromatic heterocycles. The van der Waals surface area contributed by atoms with Crippen LogP contribution in [-0.2, 0) is 6.42 Å². The Morgan fingerprint density at radius 3 is 2.79 bits per heavy atom. The number of hydrogen-bond acceptors (Lipinski definition) is 8. The van der Waals surface area contributed by atoms with E-state index in [4.69, 9.17) is 21.4 Å². The summed E-state index contributed by atoms with van der Waals surface area (Å²) in [7, 11) is 3.53. The standard InChI is InChI=1S/C24H20N4O3S2/c1-4-14-6-5-7-15(12-14)27(2)16-8-9-17-19(13-16)33-23(26-17)28-22(29)20-21(31-24(28)32)18(30-3)10-11-25-20/h5-13H,4H2,1-3H3. The van der Waals surface area contributed by atoms with Gasteiger partial charge < -0.3 is 14.1 Å². The Morgan fingerprint density at radius 1 is 1.18 bits per heavy atom. The van der Waals surface area contributed by atoms with E-state index in [1.54, 1.807) is 6.07 Å². The van der Waals surface area contributed by atoms with Crippen molar-refractivity contribution in [3.63, 3.8) is 0 Å². The summed E-state index contributed by atoms with van der Waals surface area (Å²) in [4.78, 5) is 24.1. The summed E-state index contributed by atoms with van der Waals surface area (Å²) in [6.45, 7) is 2.14. The van der Waals surface area contributed by atoms with Crippen LogP contribution in [0.1, 0.15) is 12.5 Å². The Bertz CT molecular complexity index is 1620. The van der Waals surface area contributed by atoms with Gasteiger partial charge >= 0.3 is 0 Å². The first kappa shape index (κ1) is 21.3. The smallest absolute Gasteiger partial charge is 0.290 e. The number of benzene rings is 2. The molecule has 0 aliphatic heterocycles. The number of aromatic nitrogens is 3. The molecule has 0 atom stereocenters. The largest absolute Gasteiger partial charge is 0.493 e. The van der Waals surface area contributed by atoms with Crippen LogP contribution in [0.3, 0.4) is 0 Å². The van der Waals surface area contributed by atoms with Crippen molar-refractivity contribution >= 4 is 56.2 Å². The zero-order valence-corrected chi connectivity index (χ0v) is 19.9. The maximum Gasteiger partial charge on any atom is 0.290 e. The average molecular weight is 477 g/mol. The molecular weight excluding hydrogens is 456 g/mol. The number of fused-ring (bicyclic) bond motifs is 2.